The van der Waals surface area contributed by atoms with Gasteiger partial charge in [-0.3, -0.25) is 4.79 Å². The van der Waals surface area contributed by atoms with Crippen molar-refractivity contribution in [1.82, 2.24) is 0 Å². The van der Waals surface area contributed by atoms with E-state index in [2.05, 4.69) is 0 Å². The van der Waals surface area contributed by atoms with Crippen molar-refractivity contribution in [3.63, 3.8) is 0 Å². The molecule has 0 aromatic heterocycles. The van der Waals surface area contributed by atoms with Crippen molar-refractivity contribution in [2.45, 2.75) is 31.3 Å². The summed E-state index contributed by atoms with van der Waals surface area (Å²) in [5.74, 6) is -1.36. The van der Waals surface area contributed by atoms with E-state index in [-0.39, 0.29) is 23.0 Å². The van der Waals surface area contributed by atoms with E-state index in [9.17, 15) is 9.59 Å². The van der Waals surface area contributed by atoms with Crippen LogP contribution in [0.5, 0.6) is 0 Å². The molecule has 0 aliphatic rings. The number of esters is 1. The lowest BCUT2D eigenvalue weighted by atomic mass is 10.2. The predicted molar refractivity (Wildman–Crippen MR) is 74.4 cm³/mol. The number of para-hydroxylation sites is 1. The summed E-state index contributed by atoms with van der Waals surface area (Å²) in [6, 6.07) is 4.70. The summed E-state index contributed by atoms with van der Waals surface area (Å²) in [4.78, 5) is 23.0. The number of thioether (sulfide) groups is 1. The summed E-state index contributed by atoms with van der Waals surface area (Å²) in [6.07, 6.45) is 0. The van der Waals surface area contributed by atoms with Gasteiger partial charge in [-0.1, -0.05) is 6.07 Å². The molecule has 0 saturated carbocycles. The first kappa shape index (κ1) is 15.4. The average Bonchev–Trinajstić information content (AvgIpc) is 2.24. The highest BCUT2D eigenvalue weighted by Crippen LogP contribution is 2.28. The van der Waals surface area contributed by atoms with Crippen molar-refractivity contribution >= 4 is 29.4 Å². The second kappa shape index (κ2) is 5.97. The quantitative estimate of drug-likeness (QED) is 0.501. The highest BCUT2D eigenvalue weighted by atomic mass is 32.2. The number of hydrogen-bond donors (Lipinski definition) is 2. The number of rotatable bonds is 4. The number of hydrogen-bond acceptors (Lipinski definition) is 5. The van der Waals surface area contributed by atoms with E-state index < -0.39 is 11.6 Å². The molecule has 0 saturated heterocycles. The van der Waals surface area contributed by atoms with E-state index in [0.717, 1.165) is 11.8 Å². The van der Waals surface area contributed by atoms with Crippen LogP contribution in [0.1, 0.15) is 31.1 Å². The fourth-order valence-electron chi connectivity index (χ4n) is 1.36. The number of anilines is 1. The van der Waals surface area contributed by atoms with Crippen LogP contribution < -0.4 is 5.73 Å². The maximum atomic E-state index is 11.6. The molecule has 104 valence electrons. The molecular formula is C13H17NO4S. The van der Waals surface area contributed by atoms with Crippen LogP contribution in [0.15, 0.2) is 23.1 Å². The molecule has 1 aromatic carbocycles. The molecule has 0 radical (unpaired) electrons. The van der Waals surface area contributed by atoms with E-state index in [1.807, 2.05) is 0 Å². The molecular weight excluding hydrogens is 266 g/mol. The van der Waals surface area contributed by atoms with Gasteiger partial charge in [0.2, 0.25) is 0 Å². The molecule has 0 heterocycles. The third-order valence-electron chi connectivity index (χ3n) is 2.06. The van der Waals surface area contributed by atoms with Crippen LogP contribution in [0.3, 0.4) is 0 Å². The molecule has 1 aromatic rings. The van der Waals surface area contributed by atoms with Gasteiger partial charge in [0.05, 0.1) is 17.0 Å². The molecule has 0 aliphatic heterocycles. The van der Waals surface area contributed by atoms with Gasteiger partial charge in [0.15, 0.2) is 0 Å². The second-order valence-electron chi connectivity index (χ2n) is 4.90. The monoisotopic (exact) mass is 283 g/mol. The predicted octanol–water partition coefficient (Wildman–Crippen LogP) is 2.40. The lowest BCUT2D eigenvalue weighted by Gasteiger charge is -2.19. The van der Waals surface area contributed by atoms with Gasteiger partial charge in [-0.2, -0.15) is 0 Å². The third kappa shape index (κ3) is 4.82. The molecule has 19 heavy (non-hydrogen) atoms. The number of nitrogens with two attached hydrogens (primary N) is 1. The van der Waals surface area contributed by atoms with Gasteiger partial charge >= 0.3 is 11.9 Å². The maximum absolute atomic E-state index is 11.6. The molecule has 0 aliphatic carbocycles. The van der Waals surface area contributed by atoms with E-state index in [1.54, 1.807) is 32.9 Å². The van der Waals surface area contributed by atoms with Crippen molar-refractivity contribution in [3.05, 3.63) is 23.8 Å². The Balaban J connectivity index is 2.71. The summed E-state index contributed by atoms with van der Waals surface area (Å²) in [6.45, 7) is 5.36. The van der Waals surface area contributed by atoms with E-state index in [4.69, 9.17) is 15.6 Å². The third-order valence-corrected chi connectivity index (χ3v) is 3.11. The first-order valence-corrected chi connectivity index (χ1v) is 6.65. The number of aromatic carboxylic acids is 1. The molecule has 0 spiro atoms. The summed E-state index contributed by atoms with van der Waals surface area (Å²) >= 11 is 1.16. The number of carbonyl (C=O) groups is 2. The van der Waals surface area contributed by atoms with Gasteiger partial charge in [0.25, 0.3) is 0 Å². The second-order valence-corrected chi connectivity index (χ2v) is 5.91. The van der Waals surface area contributed by atoms with Crippen LogP contribution in [0.25, 0.3) is 0 Å². The number of benzene rings is 1. The van der Waals surface area contributed by atoms with Crippen LogP contribution in [0.2, 0.25) is 0 Å². The first-order valence-electron chi connectivity index (χ1n) is 5.67. The highest BCUT2D eigenvalue weighted by molar-refractivity contribution is 8.00. The Morgan fingerprint density at radius 1 is 1.37 bits per heavy atom. The Morgan fingerprint density at radius 2 is 2.00 bits per heavy atom. The number of carboxylic acid groups (broad SMARTS) is 1. The van der Waals surface area contributed by atoms with Gasteiger partial charge in [-0.15, -0.1) is 11.8 Å². The molecule has 5 nitrogen and oxygen atoms in total. The van der Waals surface area contributed by atoms with Gasteiger partial charge in [0.1, 0.15) is 5.60 Å². The minimum absolute atomic E-state index is 0.0363. The van der Waals surface area contributed by atoms with E-state index in [1.165, 1.54) is 6.07 Å². The van der Waals surface area contributed by atoms with Gasteiger partial charge in [-0.25, -0.2) is 4.79 Å². The standard InChI is InChI=1S/C13H17NO4S/c1-13(2,3)18-10(15)7-19-9-6-4-5-8(11(9)14)12(16)17/h4-6H,7,14H2,1-3H3,(H,16,17). The number of carbonyl (C=O) groups excluding carboxylic acids is 1. The summed E-state index contributed by atoms with van der Waals surface area (Å²) in [7, 11) is 0. The summed E-state index contributed by atoms with van der Waals surface area (Å²) in [5, 5.41) is 8.94. The number of nitrogen functional groups attached to an aromatic ring is 1. The summed E-state index contributed by atoms with van der Waals surface area (Å²) in [5.41, 5.74) is 5.41. The van der Waals surface area contributed by atoms with Crippen molar-refractivity contribution in [2.75, 3.05) is 11.5 Å². The zero-order valence-corrected chi connectivity index (χ0v) is 11.9. The van der Waals surface area contributed by atoms with E-state index >= 15 is 0 Å². The zero-order chi connectivity index (χ0) is 14.6. The minimum Gasteiger partial charge on any atom is -0.478 e. The average molecular weight is 283 g/mol. The van der Waals surface area contributed by atoms with Gasteiger partial charge in [-0.05, 0) is 32.9 Å². The molecule has 0 unspecified atom stereocenters. The normalized spacial score (nSPS) is 11.1. The highest BCUT2D eigenvalue weighted by Gasteiger charge is 2.17. The van der Waals surface area contributed by atoms with Crippen molar-refractivity contribution in [1.29, 1.82) is 0 Å². The van der Waals surface area contributed by atoms with Crippen LogP contribution in [0, 0.1) is 0 Å². The number of ether oxygens (including phenoxy) is 1. The lowest BCUT2D eigenvalue weighted by Crippen LogP contribution is -2.24. The van der Waals surface area contributed by atoms with Crippen LogP contribution in [-0.4, -0.2) is 28.4 Å². The molecule has 0 amide bonds. The Labute approximate surface area is 116 Å². The van der Waals surface area contributed by atoms with Crippen LogP contribution in [0.4, 0.5) is 5.69 Å². The van der Waals surface area contributed by atoms with Crippen molar-refractivity contribution < 1.29 is 19.4 Å². The fourth-order valence-corrected chi connectivity index (χ4v) is 2.14. The Bertz CT molecular complexity index is 494. The molecule has 0 bridgehead atoms. The molecule has 1 rings (SSSR count). The summed E-state index contributed by atoms with van der Waals surface area (Å²) < 4.78 is 5.16. The molecule has 3 N–H and O–H groups in total. The molecule has 6 heteroatoms. The fraction of sp³-hybridized carbons (Fsp3) is 0.385. The topological polar surface area (TPSA) is 89.6 Å². The largest absolute Gasteiger partial charge is 0.478 e. The van der Waals surface area contributed by atoms with Gasteiger partial charge < -0.3 is 15.6 Å². The van der Waals surface area contributed by atoms with Crippen molar-refractivity contribution in [3.8, 4) is 0 Å². The first-order chi connectivity index (χ1) is 8.70. The zero-order valence-electron chi connectivity index (χ0n) is 11.1. The Hall–Kier alpha value is -1.69. The SMILES string of the molecule is CC(C)(C)OC(=O)CSc1cccc(C(=O)O)c1N. The molecule has 0 atom stereocenters. The Kier molecular flexibility index (Phi) is 4.83. The van der Waals surface area contributed by atoms with E-state index in [0.29, 0.717) is 4.90 Å². The maximum Gasteiger partial charge on any atom is 0.337 e. The smallest absolute Gasteiger partial charge is 0.337 e. The number of carboxylic acids is 1. The van der Waals surface area contributed by atoms with Crippen molar-refractivity contribution in [2.24, 2.45) is 0 Å². The van der Waals surface area contributed by atoms with Crippen LogP contribution >= 0.6 is 11.8 Å². The van der Waals surface area contributed by atoms with Gasteiger partial charge in [0, 0.05) is 4.90 Å². The lowest BCUT2D eigenvalue weighted by molar-refractivity contribution is -0.151. The minimum atomic E-state index is -1.09. The van der Waals surface area contributed by atoms with Crippen LogP contribution in [-0.2, 0) is 9.53 Å². The molecule has 0 fully saturated rings. The Morgan fingerprint density at radius 3 is 2.53 bits per heavy atom.